The first-order chi connectivity index (χ1) is 6.64. The minimum absolute atomic E-state index is 0.0414. The minimum Gasteiger partial charge on any atom is -0.329 e. The fraction of sp³-hybridized carbons (Fsp3) is 1.00. The molecule has 0 radical (unpaired) electrons. The van der Waals surface area contributed by atoms with E-state index >= 15 is 0 Å². The molecular formula is C9H20N2O2S. The van der Waals surface area contributed by atoms with Gasteiger partial charge in [-0.25, -0.2) is 13.1 Å². The van der Waals surface area contributed by atoms with Crippen LogP contribution in [0.4, 0.5) is 0 Å². The number of nitrogens with two attached hydrogens (primary N) is 1. The molecule has 1 saturated carbocycles. The number of hydrogen-bond donors (Lipinski definition) is 2. The monoisotopic (exact) mass is 220 g/mol. The van der Waals surface area contributed by atoms with Crippen LogP contribution in [-0.4, -0.2) is 27.3 Å². The predicted octanol–water partition coefficient (Wildman–Crippen LogP) is 0.445. The Bertz CT molecular complexity index is 246. The van der Waals surface area contributed by atoms with Gasteiger partial charge in [-0.1, -0.05) is 19.3 Å². The Hall–Kier alpha value is -0.130. The summed E-state index contributed by atoms with van der Waals surface area (Å²) in [6.45, 7) is 0.794. The van der Waals surface area contributed by atoms with Crippen LogP contribution in [-0.2, 0) is 10.0 Å². The van der Waals surface area contributed by atoms with Crippen molar-refractivity contribution in [3.05, 3.63) is 0 Å². The maximum absolute atomic E-state index is 11.3. The zero-order valence-corrected chi connectivity index (χ0v) is 9.35. The molecule has 0 aromatic carbocycles. The summed E-state index contributed by atoms with van der Waals surface area (Å²) in [4.78, 5) is 0. The van der Waals surface area contributed by atoms with E-state index < -0.39 is 10.0 Å². The van der Waals surface area contributed by atoms with Gasteiger partial charge in [0, 0.05) is 13.1 Å². The first-order valence-corrected chi connectivity index (χ1v) is 6.96. The molecule has 1 aliphatic carbocycles. The second-order valence-corrected chi connectivity index (χ2v) is 5.89. The first-order valence-electron chi connectivity index (χ1n) is 5.31. The van der Waals surface area contributed by atoms with Crippen molar-refractivity contribution in [2.75, 3.05) is 18.8 Å². The van der Waals surface area contributed by atoms with E-state index in [1.165, 1.54) is 19.3 Å². The van der Waals surface area contributed by atoms with Crippen LogP contribution in [0.5, 0.6) is 0 Å². The van der Waals surface area contributed by atoms with Gasteiger partial charge in [0.1, 0.15) is 0 Å². The third kappa shape index (κ3) is 4.39. The number of sulfonamides is 1. The predicted molar refractivity (Wildman–Crippen MR) is 57.4 cm³/mol. The summed E-state index contributed by atoms with van der Waals surface area (Å²) in [5, 5.41) is 0. The van der Waals surface area contributed by atoms with E-state index in [0.29, 0.717) is 12.5 Å². The van der Waals surface area contributed by atoms with Gasteiger partial charge in [0.15, 0.2) is 0 Å². The van der Waals surface area contributed by atoms with Gasteiger partial charge >= 0.3 is 0 Å². The van der Waals surface area contributed by atoms with E-state index in [4.69, 9.17) is 5.73 Å². The van der Waals surface area contributed by atoms with Crippen LogP contribution in [0.1, 0.15) is 32.1 Å². The van der Waals surface area contributed by atoms with Gasteiger partial charge in [-0.3, -0.25) is 0 Å². The molecule has 1 aliphatic rings. The lowest BCUT2D eigenvalue weighted by Gasteiger charge is -2.21. The van der Waals surface area contributed by atoms with Crippen molar-refractivity contribution in [1.29, 1.82) is 0 Å². The number of hydrogen-bond acceptors (Lipinski definition) is 3. The summed E-state index contributed by atoms with van der Waals surface area (Å²) in [6, 6.07) is 0. The minimum atomic E-state index is -3.11. The van der Waals surface area contributed by atoms with Crippen molar-refractivity contribution in [3.8, 4) is 0 Å². The van der Waals surface area contributed by atoms with Crippen LogP contribution in [0.25, 0.3) is 0 Å². The first kappa shape index (κ1) is 11.9. The van der Waals surface area contributed by atoms with Crippen molar-refractivity contribution >= 4 is 10.0 Å². The summed E-state index contributed by atoms with van der Waals surface area (Å²) in [6.07, 6.45) is 6.09. The lowest BCUT2D eigenvalue weighted by atomic mass is 9.90. The fourth-order valence-electron chi connectivity index (χ4n) is 1.86. The maximum Gasteiger partial charge on any atom is 0.212 e. The summed E-state index contributed by atoms with van der Waals surface area (Å²) >= 11 is 0. The molecular weight excluding hydrogens is 200 g/mol. The van der Waals surface area contributed by atoms with Crippen molar-refractivity contribution in [3.63, 3.8) is 0 Å². The number of nitrogens with one attached hydrogen (secondary N) is 1. The zero-order chi connectivity index (χ0) is 10.4. The van der Waals surface area contributed by atoms with Gasteiger partial charge in [-0.2, -0.15) is 0 Å². The molecule has 3 N–H and O–H groups in total. The van der Waals surface area contributed by atoms with E-state index in [0.717, 1.165) is 12.8 Å². The Labute approximate surface area is 86.3 Å². The van der Waals surface area contributed by atoms with Crippen LogP contribution >= 0.6 is 0 Å². The quantitative estimate of drug-likeness (QED) is 0.706. The second kappa shape index (κ2) is 5.68. The molecule has 0 atom stereocenters. The highest BCUT2D eigenvalue weighted by Crippen LogP contribution is 2.22. The van der Waals surface area contributed by atoms with Gasteiger partial charge in [-0.05, 0) is 18.8 Å². The Morgan fingerprint density at radius 3 is 2.43 bits per heavy atom. The zero-order valence-electron chi connectivity index (χ0n) is 8.54. The SMILES string of the molecule is NCCS(=O)(=O)NCC1CCCCC1. The summed E-state index contributed by atoms with van der Waals surface area (Å²) < 4.78 is 25.2. The highest BCUT2D eigenvalue weighted by atomic mass is 32.2. The fourth-order valence-corrected chi connectivity index (χ4v) is 2.81. The van der Waals surface area contributed by atoms with Crippen LogP contribution in [0.15, 0.2) is 0 Å². The normalized spacial score (nSPS) is 19.8. The van der Waals surface area contributed by atoms with Gasteiger partial charge in [0.2, 0.25) is 10.0 Å². The van der Waals surface area contributed by atoms with E-state index in [1.807, 2.05) is 0 Å². The molecule has 1 rings (SSSR count). The largest absolute Gasteiger partial charge is 0.329 e. The molecule has 0 amide bonds. The highest BCUT2D eigenvalue weighted by Gasteiger charge is 2.16. The average molecular weight is 220 g/mol. The van der Waals surface area contributed by atoms with E-state index in [1.54, 1.807) is 0 Å². The molecule has 14 heavy (non-hydrogen) atoms. The average Bonchev–Trinajstić information content (AvgIpc) is 2.17. The van der Waals surface area contributed by atoms with Gasteiger partial charge in [0.25, 0.3) is 0 Å². The highest BCUT2D eigenvalue weighted by molar-refractivity contribution is 7.89. The van der Waals surface area contributed by atoms with Crippen LogP contribution in [0, 0.1) is 5.92 Å². The van der Waals surface area contributed by atoms with Gasteiger partial charge in [-0.15, -0.1) is 0 Å². The van der Waals surface area contributed by atoms with Crippen LogP contribution in [0.2, 0.25) is 0 Å². The van der Waals surface area contributed by atoms with Crippen LogP contribution in [0.3, 0.4) is 0 Å². The lowest BCUT2D eigenvalue weighted by molar-refractivity contribution is 0.357. The third-order valence-corrected chi connectivity index (χ3v) is 4.08. The molecule has 0 spiro atoms. The van der Waals surface area contributed by atoms with Crippen molar-refractivity contribution < 1.29 is 8.42 Å². The molecule has 0 unspecified atom stereocenters. The van der Waals surface area contributed by atoms with Crippen molar-refractivity contribution in [1.82, 2.24) is 4.72 Å². The summed E-state index contributed by atoms with van der Waals surface area (Å²) in [5.74, 6) is 0.580. The molecule has 0 saturated heterocycles. The van der Waals surface area contributed by atoms with Crippen molar-refractivity contribution in [2.24, 2.45) is 11.7 Å². The summed E-state index contributed by atoms with van der Waals surface area (Å²) in [5.41, 5.74) is 5.20. The molecule has 1 fully saturated rings. The molecule has 5 heteroatoms. The molecule has 0 aliphatic heterocycles. The lowest BCUT2D eigenvalue weighted by Crippen LogP contribution is -2.34. The molecule has 0 heterocycles. The maximum atomic E-state index is 11.3. The van der Waals surface area contributed by atoms with E-state index in [9.17, 15) is 8.42 Å². The molecule has 0 bridgehead atoms. The molecule has 4 nitrogen and oxygen atoms in total. The smallest absolute Gasteiger partial charge is 0.212 e. The van der Waals surface area contributed by atoms with E-state index in [2.05, 4.69) is 4.72 Å². The van der Waals surface area contributed by atoms with E-state index in [-0.39, 0.29) is 12.3 Å². The Morgan fingerprint density at radius 2 is 1.86 bits per heavy atom. The Kier molecular flexibility index (Phi) is 4.84. The molecule has 84 valence electrons. The molecule has 0 aromatic rings. The van der Waals surface area contributed by atoms with Crippen molar-refractivity contribution in [2.45, 2.75) is 32.1 Å². The van der Waals surface area contributed by atoms with Gasteiger partial charge in [0.05, 0.1) is 5.75 Å². The third-order valence-electron chi connectivity index (χ3n) is 2.70. The summed E-state index contributed by atoms with van der Waals surface area (Å²) in [7, 11) is -3.11. The second-order valence-electron chi connectivity index (χ2n) is 3.96. The standard InChI is InChI=1S/C9H20N2O2S/c10-6-7-14(12,13)11-8-9-4-2-1-3-5-9/h9,11H,1-8,10H2. The number of rotatable bonds is 5. The Morgan fingerprint density at radius 1 is 1.21 bits per heavy atom. The van der Waals surface area contributed by atoms with Crippen LogP contribution < -0.4 is 10.5 Å². The molecule has 0 aromatic heterocycles. The Balaban J connectivity index is 2.24. The van der Waals surface area contributed by atoms with Gasteiger partial charge < -0.3 is 5.73 Å². The topological polar surface area (TPSA) is 72.2 Å².